The number of fused-ring (bicyclic) bond motifs is 2. The quantitative estimate of drug-likeness (QED) is 0.522. The zero-order valence-electron chi connectivity index (χ0n) is 19.7. The standard InChI is InChI=1S/C26H35N5O3/c32-24(28-17-19-6-5-14-30-13-4-3-9-23(19)30)11-10-22-25(33)31(26(34)29-22)15-12-18-16-27-21-8-2-1-7-20(18)21/h1-2,7-8,16,19,22-23,27H,3-6,9-15,17H2,(H,28,32)(H,29,34)/t19-,22+,23-/m1/s1. The Labute approximate surface area is 200 Å². The molecule has 34 heavy (non-hydrogen) atoms. The summed E-state index contributed by atoms with van der Waals surface area (Å²) in [4.78, 5) is 44.8. The second-order valence-corrected chi connectivity index (χ2v) is 9.95. The molecule has 2 aromatic rings. The number of piperidine rings is 2. The maximum Gasteiger partial charge on any atom is 0.324 e. The van der Waals surface area contributed by atoms with Crippen molar-refractivity contribution in [1.82, 2.24) is 25.4 Å². The third kappa shape index (κ3) is 4.82. The fraction of sp³-hybridized carbons (Fsp3) is 0.577. The van der Waals surface area contributed by atoms with Crippen LogP contribution < -0.4 is 10.6 Å². The van der Waals surface area contributed by atoms with E-state index in [0.717, 1.165) is 16.5 Å². The van der Waals surface area contributed by atoms with Crippen LogP contribution in [0, 0.1) is 5.92 Å². The molecule has 4 heterocycles. The van der Waals surface area contributed by atoms with Crippen LogP contribution in [0.4, 0.5) is 4.79 Å². The van der Waals surface area contributed by atoms with Crippen LogP contribution in [0.5, 0.6) is 0 Å². The summed E-state index contributed by atoms with van der Waals surface area (Å²) in [5.41, 5.74) is 2.13. The van der Waals surface area contributed by atoms with Crippen LogP contribution in [0.2, 0.25) is 0 Å². The molecule has 5 rings (SSSR count). The molecule has 3 aliphatic rings. The summed E-state index contributed by atoms with van der Waals surface area (Å²) in [6.45, 7) is 3.42. The van der Waals surface area contributed by atoms with Gasteiger partial charge in [0.2, 0.25) is 5.91 Å². The van der Waals surface area contributed by atoms with E-state index in [1.54, 1.807) is 0 Å². The van der Waals surface area contributed by atoms with Gasteiger partial charge in [-0.15, -0.1) is 0 Å². The minimum absolute atomic E-state index is 0.0350. The highest BCUT2D eigenvalue weighted by molar-refractivity contribution is 6.04. The summed E-state index contributed by atoms with van der Waals surface area (Å²) < 4.78 is 0. The zero-order chi connectivity index (χ0) is 23.5. The molecule has 1 aromatic heterocycles. The van der Waals surface area contributed by atoms with E-state index in [4.69, 9.17) is 0 Å². The van der Waals surface area contributed by atoms with Gasteiger partial charge in [-0.1, -0.05) is 24.6 Å². The number of nitrogens with one attached hydrogen (secondary N) is 3. The molecule has 1 aromatic carbocycles. The predicted molar refractivity (Wildman–Crippen MR) is 130 cm³/mol. The van der Waals surface area contributed by atoms with E-state index in [1.807, 2.05) is 30.5 Å². The number of nitrogens with zero attached hydrogens (tertiary/aromatic N) is 2. The number of aromatic amines is 1. The minimum Gasteiger partial charge on any atom is -0.361 e. The molecule has 0 radical (unpaired) electrons. The molecule has 0 bridgehead atoms. The molecule has 0 aliphatic carbocycles. The van der Waals surface area contributed by atoms with Gasteiger partial charge in [0.25, 0.3) is 5.91 Å². The Morgan fingerprint density at radius 1 is 1.09 bits per heavy atom. The van der Waals surface area contributed by atoms with E-state index in [2.05, 4.69) is 20.5 Å². The number of hydrogen-bond acceptors (Lipinski definition) is 4. The third-order valence-corrected chi connectivity index (χ3v) is 7.84. The first kappa shape index (κ1) is 22.9. The molecule has 3 atom stereocenters. The Morgan fingerprint density at radius 3 is 2.85 bits per heavy atom. The predicted octanol–water partition coefficient (Wildman–Crippen LogP) is 2.79. The van der Waals surface area contributed by atoms with Gasteiger partial charge in [-0.05, 0) is 69.2 Å². The van der Waals surface area contributed by atoms with Crippen LogP contribution in [-0.2, 0) is 16.0 Å². The van der Waals surface area contributed by atoms with Crippen molar-refractivity contribution >= 4 is 28.7 Å². The zero-order valence-corrected chi connectivity index (χ0v) is 19.7. The number of para-hydroxylation sites is 1. The van der Waals surface area contributed by atoms with Crippen molar-refractivity contribution in [3.05, 3.63) is 36.0 Å². The SMILES string of the molecule is O=C(CC[C@@H]1NC(=O)N(CCc2c[nH]c3ccccc23)C1=O)NC[C@H]1CCCN2CCCC[C@H]12. The second-order valence-electron chi connectivity index (χ2n) is 9.95. The number of carbonyl (C=O) groups excluding carboxylic acids is 3. The third-order valence-electron chi connectivity index (χ3n) is 7.84. The molecule has 0 saturated carbocycles. The number of benzene rings is 1. The summed E-state index contributed by atoms with van der Waals surface area (Å²) in [7, 11) is 0. The van der Waals surface area contributed by atoms with Gasteiger partial charge in [0.15, 0.2) is 0 Å². The maximum atomic E-state index is 12.8. The molecule has 0 unspecified atom stereocenters. The molecular weight excluding hydrogens is 430 g/mol. The van der Waals surface area contributed by atoms with Crippen molar-refractivity contribution in [3.63, 3.8) is 0 Å². The number of rotatable bonds is 8. The fourth-order valence-corrected chi connectivity index (χ4v) is 5.98. The number of imide groups is 1. The normalized spacial score (nSPS) is 25.4. The maximum absolute atomic E-state index is 12.8. The highest BCUT2D eigenvalue weighted by Gasteiger charge is 2.38. The second kappa shape index (κ2) is 10.2. The monoisotopic (exact) mass is 465 g/mol. The lowest BCUT2D eigenvalue weighted by molar-refractivity contribution is -0.127. The van der Waals surface area contributed by atoms with E-state index in [-0.39, 0.29) is 24.3 Å². The minimum atomic E-state index is -0.621. The molecule has 3 saturated heterocycles. The van der Waals surface area contributed by atoms with Gasteiger partial charge in [0.05, 0.1) is 0 Å². The van der Waals surface area contributed by atoms with Crippen LogP contribution in [-0.4, -0.2) is 70.9 Å². The molecule has 182 valence electrons. The lowest BCUT2D eigenvalue weighted by Gasteiger charge is -2.44. The first-order valence-corrected chi connectivity index (χ1v) is 12.8. The lowest BCUT2D eigenvalue weighted by Crippen LogP contribution is -2.51. The average Bonchev–Trinajstić information content (AvgIpc) is 3.39. The number of amides is 4. The number of carbonyl (C=O) groups is 3. The summed E-state index contributed by atoms with van der Waals surface area (Å²) in [5, 5.41) is 6.97. The first-order valence-electron chi connectivity index (χ1n) is 12.8. The van der Waals surface area contributed by atoms with Crippen LogP contribution >= 0.6 is 0 Å². The molecule has 3 fully saturated rings. The topological polar surface area (TPSA) is 97.5 Å². The van der Waals surface area contributed by atoms with Gasteiger partial charge in [-0.25, -0.2) is 4.79 Å². The summed E-state index contributed by atoms with van der Waals surface area (Å²) in [6, 6.07) is 7.61. The van der Waals surface area contributed by atoms with Gasteiger partial charge in [0.1, 0.15) is 6.04 Å². The summed E-state index contributed by atoms with van der Waals surface area (Å²) in [5.74, 6) is 0.251. The largest absolute Gasteiger partial charge is 0.361 e. The molecular formula is C26H35N5O3. The lowest BCUT2D eigenvalue weighted by atomic mass is 9.83. The van der Waals surface area contributed by atoms with Crippen molar-refractivity contribution < 1.29 is 14.4 Å². The highest BCUT2D eigenvalue weighted by atomic mass is 16.2. The fourth-order valence-electron chi connectivity index (χ4n) is 5.98. The Bertz CT molecular complexity index is 1050. The van der Waals surface area contributed by atoms with E-state index >= 15 is 0 Å². The smallest absolute Gasteiger partial charge is 0.324 e. The van der Waals surface area contributed by atoms with Crippen molar-refractivity contribution in [2.24, 2.45) is 5.92 Å². The number of H-pyrrole nitrogens is 1. The number of hydrogen-bond donors (Lipinski definition) is 3. The molecule has 4 amide bonds. The molecule has 3 N–H and O–H groups in total. The van der Waals surface area contributed by atoms with E-state index in [9.17, 15) is 14.4 Å². The van der Waals surface area contributed by atoms with Crippen molar-refractivity contribution in [2.45, 2.75) is 63.5 Å². The first-order chi connectivity index (χ1) is 16.6. The van der Waals surface area contributed by atoms with Gasteiger partial charge in [-0.3, -0.25) is 14.5 Å². The van der Waals surface area contributed by atoms with Crippen LogP contribution in [0.3, 0.4) is 0 Å². The molecule has 3 aliphatic heterocycles. The Hall–Kier alpha value is -2.87. The molecule has 0 spiro atoms. The Kier molecular flexibility index (Phi) is 6.85. The van der Waals surface area contributed by atoms with Gasteiger partial charge in [-0.2, -0.15) is 0 Å². The van der Waals surface area contributed by atoms with Crippen molar-refractivity contribution in [2.75, 3.05) is 26.2 Å². The van der Waals surface area contributed by atoms with Crippen LogP contribution in [0.1, 0.15) is 50.5 Å². The van der Waals surface area contributed by atoms with E-state index in [0.29, 0.717) is 37.9 Å². The van der Waals surface area contributed by atoms with Gasteiger partial charge < -0.3 is 20.5 Å². The van der Waals surface area contributed by atoms with E-state index in [1.165, 1.54) is 50.1 Å². The summed E-state index contributed by atoms with van der Waals surface area (Å²) >= 11 is 0. The molecule has 8 nitrogen and oxygen atoms in total. The van der Waals surface area contributed by atoms with Gasteiger partial charge >= 0.3 is 6.03 Å². The Morgan fingerprint density at radius 2 is 1.94 bits per heavy atom. The number of urea groups is 1. The van der Waals surface area contributed by atoms with Crippen LogP contribution in [0.25, 0.3) is 10.9 Å². The van der Waals surface area contributed by atoms with Crippen LogP contribution in [0.15, 0.2) is 30.5 Å². The molecule has 8 heteroatoms. The van der Waals surface area contributed by atoms with Gasteiger partial charge in [0, 0.05) is 42.7 Å². The van der Waals surface area contributed by atoms with E-state index < -0.39 is 6.04 Å². The van der Waals surface area contributed by atoms with Crippen molar-refractivity contribution in [1.29, 1.82) is 0 Å². The Balaban J connectivity index is 1.07. The number of aromatic nitrogens is 1. The summed E-state index contributed by atoms with van der Waals surface area (Å²) in [6.07, 6.45) is 9.28. The average molecular weight is 466 g/mol. The van der Waals surface area contributed by atoms with Crippen molar-refractivity contribution in [3.8, 4) is 0 Å². The highest BCUT2D eigenvalue weighted by Crippen LogP contribution is 2.30.